The summed E-state index contributed by atoms with van der Waals surface area (Å²) in [5.41, 5.74) is 6.06. The molecule has 2 aromatic heterocycles. The molecule has 288 valence electrons. The number of ether oxygens (including phenoxy) is 2. The molecule has 1 spiro atoms. The number of nitrogens with one attached hydrogen (secondary N) is 3. The van der Waals surface area contributed by atoms with Crippen molar-refractivity contribution in [2.45, 2.75) is 72.0 Å². The predicted octanol–water partition coefficient (Wildman–Crippen LogP) is 6.54. The van der Waals surface area contributed by atoms with Crippen LogP contribution in [-0.4, -0.2) is 87.1 Å². The van der Waals surface area contributed by atoms with Gasteiger partial charge < -0.3 is 34.6 Å². The number of aromatic nitrogens is 4. The Labute approximate surface area is 322 Å². The fourth-order valence-corrected chi connectivity index (χ4v) is 7.96. The molecule has 3 aliphatic heterocycles. The molecule has 3 saturated heterocycles. The first-order chi connectivity index (χ1) is 26.3. The van der Waals surface area contributed by atoms with Gasteiger partial charge in [-0.15, -0.1) is 0 Å². The van der Waals surface area contributed by atoms with E-state index in [0.717, 1.165) is 57.7 Å². The minimum Gasteiger partial charge on any atom is -0.453 e. The van der Waals surface area contributed by atoms with E-state index in [2.05, 4.69) is 52.5 Å². The van der Waals surface area contributed by atoms with Gasteiger partial charge in [0.2, 0.25) is 11.8 Å². The van der Waals surface area contributed by atoms with E-state index in [1.165, 1.54) is 7.11 Å². The van der Waals surface area contributed by atoms with Gasteiger partial charge in [0.25, 0.3) is 0 Å². The van der Waals surface area contributed by atoms with Crippen molar-refractivity contribution in [2.24, 2.45) is 23.2 Å². The van der Waals surface area contributed by atoms with E-state index in [9.17, 15) is 14.4 Å². The maximum absolute atomic E-state index is 14.0. The molecule has 5 atom stereocenters. The molecule has 0 bridgehead atoms. The Kier molecular flexibility index (Phi) is 10.6. The van der Waals surface area contributed by atoms with Crippen LogP contribution in [0.3, 0.4) is 0 Å². The largest absolute Gasteiger partial charge is 0.453 e. The van der Waals surface area contributed by atoms with Crippen molar-refractivity contribution in [3.63, 3.8) is 0 Å². The number of H-pyrrole nitrogens is 2. The van der Waals surface area contributed by atoms with E-state index in [-0.39, 0.29) is 47.1 Å². The zero-order valence-corrected chi connectivity index (χ0v) is 32.6. The average Bonchev–Trinajstić information content (AvgIpc) is 4.03. The number of amides is 3. The van der Waals surface area contributed by atoms with Gasteiger partial charge in [-0.25, -0.2) is 14.8 Å². The van der Waals surface area contributed by atoms with E-state index >= 15 is 0 Å². The molecule has 0 unspecified atom stereocenters. The van der Waals surface area contributed by atoms with Gasteiger partial charge in [0, 0.05) is 42.2 Å². The fourth-order valence-electron chi connectivity index (χ4n) is 7.96. The first-order valence-corrected chi connectivity index (χ1v) is 19.2. The molecular weight excluding hydrogens is 695 g/mol. The number of methoxy groups -OCH3 is 1. The summed E-state index contributed by atoms with van der Waals surface area (Å²) in [5.74, 6) is 8.08. The number of rotatable bonds is 8. The van der Waals surface area contributed by atoms with E-state index in [4.69, 9.17) is 14.5 Å². The van der Waals surface area contributed by atoms with Crippen molar-refractivity contribution < 1.29 is 23.9 Å². The van der Waals surface area contributed by atoms with Gasteiger partial charge in [0.15, 0.2) is 0 Å². The van der Waals surface area contributed by atoms with Crippen LogP contribution in [0.2, 0.25) is 0 Å². The lowest BCUT2D eigenvalue weighted by molar-refractivity contribution is -0.137. The Morgan fingerprint density at radius 3 is 2.40 bits per heavy atom. The summed E-state index contributed by atoms with van der Waals surface area (Å²) in [7, 11) is 1.30. The second-order valence-electron chi connectivity index (χ2n) is 16.2. The second kappa shape index (κ2) is 15.4. The van der Waals surface area contributed by atoms with Gasteiger partial charge in [-0.3, -0.25) is 9.59 Å². The summed E-state index contributed by atoms with van der Waals surface area (Å²) in [4.78, 5) is 59.8. The summed E-state index contributed by atoms with van der Waals surface area (Å²) >= 11 is 0. The minimum absolute atomic E-state index is 0.0718. The van der Waals surface area contributed by atoms with Gasteiger partial charge in [0.05, 0.1) is 48.7 Å². The zero-order valence-electron chi connectivity index (χ0n) is 32.6. The first-order valence-electron chi connectivity index (χ1n) is 19.2. The molecule has 4 aromatic rings. The highest BCUT2D eigenvalue weighted by Gasteiger charge is 2.51. The Hall–Kier alpha value is -5.41. The highest BCUT2D eigenvalue weighted by molar-refractivity contribution is 5.87. The lowest BCUT2D eigenvalue weighted by Gasteiger charge is -2.30. The molecule has 3 amide bonds. The van der Waals surface area contributed by atoms with Crippen LogP contribution in [-0.2, 0) is 19.1 Å². The molecule has 3 aliphatic rings. The van der Waals surface area contributed by atoms with Crippen molar-refractivity contribution in [3.05, 3.63) is 83.6 Å². The zero-order chi connectivity index (χ0) is 39.0. The summed E-state index contributed by atoms with van der Waals surface area (Å²) < 4.78 is 10.6. The van der Waals surface area contributed by atoms with Crippen molar-refractivity contribution in [1.29, 1.82) is 0 Å². The Bertz CT molecular complexity index is 2150. The van der Waals surface area contributed by atoms with Crippen LogP contribution in [0.15, 0.2) is 60.8 Å². The third kappa shape index (κ3) is 7.76. The van der Waals surface area contributed by atoms with Gasteiger partial charge in [-0.2, -0.15) is 0 Å². The molecule has 3 N–H and O–H groups in total. The molecular formula is C43H51N7O5. The number of imidazole rings is 2. The number of fused-ring (bicyclic) bond motifs is 1. The number of alkyl carbamates (subject to hydrolysis) is 1. The maximum Gasteiger partial charge on any atom is 0.407 e. The molecule has 12 heteroatoms. The number of carbonyl (C=O) groups excluding carboxylic acids is 3. The van der Waals surface area contributed by atoms with Crippen molar-refractivity contribution in [2.75, 3.05) is 33.4 Å². The predicted molar refractivity (Wildman–Crippen MR) is 209 cm³/mol. The third-order valence-corrected chi connectivity index (χ3v) is 11.6. The van der Waals surface area contributed by atoms with Gasteiger partial charge in [-0.05, 0) is 67.0 Å². The molecule has 55 heavy (non-hydrogen) atoms. The quantitative estimate of drug-likeness (QED) is 0.137. The monoisotopic (exact) mass is 745 g/mol. The highest BCUT2D eigenvalue weighted by atomic mass is 16.5. The fraction of sp³-hybridized carbons (Fsp3) is 0.465. The third-order valence-electron chi connectivity index (χ3n) is 11.6. The summed E-state index contributed by atoms with van der Waals surface area (Å²) in [6.45, 7) is 16.5. The van der Waals surface area contributed by atoms with Crippen LogP contribution >= 0.6 is 0 Å². The average molecular weight is 746 g/mol. The van der Waals surface area contributed by atoms with Crippen molar-refractivity contribution in [3.8, 4) is 23.1 Å². The number of aromatic amines is 2. The van der Waals surface area contributed by atoms with Gasteiger partial charge in [0.1, 0.15) is 17.7 Å². The van der Waals surface area contributed by atoms with E-state index in [1.807, 2.05) is 79.2 Å². The summed E-state index contributed by atoms with van der Waals surface area (Å²) in [5, 5.41) is 2.74. The van der Waals surface area contributed by atoms with Gasteiger partial charge >= 0.3 is 6.09 Å². The van der Waals surface area contributed by atoms with E-state index in [0.29, 0.717) is 38.5 Å². The van der Waals surface area contributed by atoms with Crippen molar-refractivity contribution >= 4 is 28.9 Å². The number of hydrogen-bond acceptors (Lipinski definition) is 7. The normalized spacial score (nSPS) is 22.1. The summed E-state index contributed by atoms with van der Waals surface area (Å²) in [6, 6.07) is 12.7. The molecule has 5 heterocycles. The summed E-state index contributed by atoms with van der Waals surface area (Å²) in [6.07, 6.45) is 3.48. The molecule has 7 rings (SSSR count). The lowest BCUT2D eigenvalue weighted by atomic mass is 9.85. The molecule has 2 aromatic carbocycles. The molecule has 0 radical (unpaired) electrons. The number of benzene rings is 2. The second-order valence-corrected chi connectivity index (χ2v) is 16.2. The van der Waals surface area contributed by atoms with Crippen LogP contribution in [0.25, 0.3) is 22.3 Å². The number of hydrogen-bond donors (Lipinski definition) is 3. The lowest BCUT2D eigenvalue weighted by Crippen LogP contribution is -2.51. The van der Waals surface area contributed by atoms with Crippen LogP contribution in [0.4, 0.5) is 4.79 Å². The number of nitrogens with zero attached hydrogens (tertiary/aromatic N) is 4. The van der Waals surface area contributed by atoms with Crippen LogP contribution in [0.5, 0.6) is 0 Å². The minimum atomic E-state index is -0.733. The Morgan fingerprint density at radius 2 is 1.71 bits per heavy atom. The SMILES string of the molecule is C=C1C[C@@H](c2ncc(-c3ccc(C#Cc4ccc5nc([C@@H]6C[C@]7(CCOC7)CN6C(=O)[C@@H](NC(=O)OC)C(C)C)[nH]c5c4)cc3)[nH]2)N(C(=O)[C@@H](C)C(C)C)C1. The number of likely N-dealkylation sites (tertiary alicyclic amines) is 2. The molecule has 3 fully saturated rings. The topological polar surface area (TPSA) is 146 Å². The number of carbonyl (C=O) groups is 3. The van der Waals surface area contributed by atoms with Crippen LogP contribution < -0.4 is 5.32 Å². The van der Waals surface area contributed by atoms with Crippen molar-refractivity contribution in [1.82, 2.24) is 35.1 Å². The van der Waals surface area contributed by atoms with Crippen LogP contribution in [0.1, 0.15) is 88.7 Å². The maximum atomic E-state index is 14.0. The van der Waals surface area contributed by atoms with E-state index < -0.39 is 12.1 Å². The first kappa shape index (κ1) is 37.9. The van der Waals surface area contributed by atoms with E-state index in [1.54, 1.807) is 0 Å². The Balaban J connectivity index is 1.07. The van der Waals surface area contributed by atoms with Crippen LogP contribution in [0, 0.1) is 35.0 Å². The van der Waals surface area contributed by atoms with Gasteiger partial charge in [-0.1, -0.05) is 70.7 Å². The highest BCUT2D eigenvalue weighted by Crippen LogP contribution is 2.48. The smallest absolute Gasteiger partial charge is 0.407 e. The standard InChI is InChI=1S/C43H51N7O5/c1-25(2)28(6)40(51)49-22-27(5)18-35(49)38-44-21-34(47-38)31-13-10-29(11-14-31)8-9-30-12-15-32-33(19-30)46-39(45-32)36-20-43(16-17-55-24-43)23-50(36)41(52)37(26(3)4)48-42(53)54-7/h10-15,19,21,25-26,28,35-37H,5,16-18,20,22-24H2,1-4,6-7H3,(H,44,47)(H,45,46)(H,48,53)/t28-,35-,36-,37-,43+/m0/s1. The molecule has 0 aliphatic carbocycles. The molecule has 0 saturated carbocycles. The molecule has 12 nitrogen and oxygen atoms in total. The Morgan fingerprint density at radius 1 is 0.964 bits per heavy atom.